The fourth-order valence-electron chi connectivity index (χ4n) is 2.31. The van der Waals surface area contributed by atoms with Gasteiger partial charge in [0.25, 0.3) is 0 Å². The van der Waals surface area contributed by atoms with Gasteiger partial charge >= 0.3 is 11.9 Å². The predicted octanol–water partition coefficient (Wildman–Crippen LogP) is 2.59. The van der Waals surface area contributed by atoms with Crippen LogP contribution in [0.15, 0.2) is 18.5 Å². The molecule has 0 radical (unpaired) electrons. The first-order valence-electron chi connectivity index (χ1n) is 6.87. The van der Waals surface area contributed by atoms with Crippen LogP contribution in [0.3, 0.4) is 0 Å². The van der Waals surface area contributed by atoms with Crippen molar-refractivity contribution in [2.75, 3.05) is 7.11 Å². The molecule has 0 bridgehead atoms. The molecule has 0 saturated carbocycles. The van der Waals surface area contributed by atoms with Crippen molar-refractivity contribution in [3.8, 4) is 11.7 Å². The van der Waals surface area contributed by atoms with Gasteiger partial charge < -0.3 is 14.2 Å². The number of pyridine rings is 1. The summed E-state index contributed by atoms with van der Waals surface area (Å²) in [5.74, 6) is -0.410. The molecule has 134 valence electrons. The first kappa shape index (κ1) is 17.1. The summed E-state index contributed by atoms with van der Waals surface area (Å²) in [6, 6.07) is 2.30. The molecule has 0 amide bonds. The fraction of sp³-hybridized carbons (Fsp3) is 0.385. The van der Waals surface area contributed by atoms with E-state index in [9.17, 15) is 23.3 Å². The second-order valence-corrected chi connectivity index (χ2v) is 4.97. The van der Waals surface area contributed by atoms with E-state index in [0.29, 0.717) is 0 Å². The quantitative estimate of drug-likeness (QED) is 0.610. The molecule has 0 spiro atoms. The number of rotatable bonds is 4. The summed E-state index contributed by atoms with van der Waals surface area (Å²) in [5, 5.41) is 11.2. The van der Waals surface area contributed by atoms with Crippen molar-refractivity contribution in [2.24, 2.45) is 0 Å². The van der Waals surface area contributed by atoms with Crippen LogP contribution in [0, 0.1) is 10.1 Å². The van der Waals surface area contributed by atoms with E-state index in [4.69, 9.17) is 14.2 Å². The molecule has 12 heteroatoms. The number of hydrogen-bond acceptors (Lipinski definition) is 7. The van der Waals surface area contributed by atoms with Crippen molar-refractivity contribution in [2.45, 2.75) is 25.7 Å². The summed E-state index contributed by atoms with van der Waals surface area (Å²) >= 11 is 0. The molecule has 0 unspecified atom stereocenters. The monoisotopic (exact) mass is 360 g/mol. The Morgan fingerprint density at radius 3 is 2.56 bits per heavy atom. The maximum absolute atomic E-state index is 13.2. The average Bonchev–Trinajstić information content (AvgIpc) is 2.95. The lowest BCUT2D eigenvalue weighted by molar-refractivity contribution is -0.387. The summed E-state index contributed by atoms with van der Waals surface area (Å²) in [7, 11) is 1.27. The van der Waals surface area contributed by atoms with Gasteiger partial charge in [-0.1, -0.05) is 0 Å². The maximum Gasteiger partial charge on any atom is 0.435 e. The van der Waals surface area contributed by atoms with E-state index in [1.165, 1.54) is 20.1 Å². The number of methoxy groups -OCH3 is 1. The Morgan fingerprint density at radius 2 is 2.04 bits per heavy atom. The van der Waals surface area contributed by atoms with Gasteiger partial charge in [-0.2, -0.15) is 18.2 Å². The van der Waals surface area contributed by atoms with Crippen molar-refractivity contribution in [3.05, 3.63) is 40.0 Å². The van der Waals surface area contributed by atoms with Gasteiger partial charge in [-0.3, -0.25) is 14.7 Å². The fourth-order valence-corrected chi connectivity index (χ4v) is 2.31. The molecule has 2 aromatic rings. The normalized spacial score (nSPS) is 20.2. The zero-order valence-corrected chi connectivity index (χ0v) is 12.9. The summed E-state index contributed by atoms with van der Waals surface area (Å²) in [6.45, 7) is 1.50. The molecule has 3 rings (SSSR count). The molecule has 9 nitrogen and oxygen atoms in total. The molecular weight excluding hydrogens is 349 g/mol. The molecule has 2 aromatic heterocycles. The molecule has 1 saturated heterocycles. The molecule has 25 heavy (non-hydrogen) atoms. The van der Waals surface area contributed by atoms with Crippen LogP contribution in [0.4, 0.5) is 18.9 Å². The molecule has 3 heterocycles. The molecule has 0 aromatic carbocycles. The number of hydrogen-bond donors (Lipinski definition) is 0. The standard InChI is InChI=1S/C13H11F3N4O5/c1-6-24-12(25-6)9-10(13(14,15)16)17-5-19(9)11-7(20(21)22)3-4-8(18-11)23-2/h3-6,12H,1-2H3. The summed E-state index contributed by atoms with van der Waals surface area (Å²) < 4.78 is 55.7. The third-order valence-electron chi connectivity index (χ3n) is 3.39. The molecule has 1 aliphatic rings. The van der Waals surface area contributed by atoms with Gasteiger partial charge in [0.1, 0.15) is 12.0 Å². The Balaban J connectivity index is 2.21. The van der Waals surface area contributed by atoms with E-state index in [1.54, 1.807) is 0 Å². The van der Waals surface area contributed by atoms with Crippen LogP contribution in [-0.2, 0) is 15.7 Å². The van der Waals surface area contributed by atoms with Crippen LogP contribution in [0.1, 0.15) is 24.6 Å². The minimum absolute atomic E-state index is 0.0161. The van der Waals surface area contributed by atoms with Gasteiger partial charge in [-0.25, -0.2) is 4.98 Å². The van der Waals surface area contributed by atoms with Crippen LogP contribution in [0.25, 0.3) is 5.82 Å². The summed E-state index contributed by atoms with van der Waals surface area (Å²) in [6.07, 6.45) is -6.10. The highest BCUT2D eigenvalue weighted by Gasteiger charge is 2.44. The highest BCUT2D eigenvalue weighted by Crippen LogP contribution is 2.41. The second-order valence-electron chi connectivity index (χ2n) is 4.97. The number of ether oxygens (including phenoxy) is 3. The van der Waals surface area contributed by atoms with E-state index in [-0.39, 0.29) is 5.88 Å². The average molecular weight is 360 g/mol. The van der Waals surface area contributed by atoms with Crippen molar-refractivity contribution >= 4 is 5.69 Å². The Morgan fingerprint density at radius 1 is 1.36 bits per heavy atom. The van der Waals surface area contributed by atoms with Gasteiger partial charge in [0, 0.05) is 12.1 Å². The Kier molecular flexibility index (Phi) is 4.08. The Hall–Kier alpha value is -2.73. The van der Waals surface area contributed by atoms with E-state index in [0.717, 1.165) is 17.0 Å². The summed E-state index contributed by atoms with van der Waals surface area (Å²) in [4.78, 5) is 17.6. The topological polar surface area (TPSA) is 102 Å². The lowest BCUT2D eigenvalue weighted by Gasteiger charge is -2.34. The number of alkyl halides is 3. The third kappa shape index (κ3) is 3.00. The molecule has 1 aliphatic heterocycles. The smallest absolute Gasteiger partial charge is 0.435 e. The molecular formula is C13H11F3N4O5. The van der Waals surface area contributed by atoms with Gasteiger partial charge in [-0.05, 0) is 6.92 Å². The number of nitro groups is 1. The number of halogens is 3. The lowest BCUT2D eigenvalue weighted by Crippen LogP contribution is -2.34. The molecule has 1 fully saturated rings. The highest BCUT2D eigenvalue weighted by molar-refractivity contribution is 5.50. The minimum atomic E-state index is -4.81. The van der Waals surface area contributed by atoms with Crippen LogP contribution < -0.4 is 4.74 Å². The first-order valence-corrected chi connectivity index (χ1v) is 6.87. The first-order chi connectivity index (χ1) is 11.7. The predicted molar refractivity (Wildman–Crippen MR) is 73.9 cm³/mol. The number of imidazole rings is 1. The number of aromatic nitrogens is 3. The number of nitrogens with zero attached hydrogens (tertiary/aromatic N) is 4. The van der Waals surface area contributed by atoms with Crippen LogP contribution in [-0.4, -0.2) is 32.9 Å². The zero-order valence-electron chi connectivity index (χ0n) is 12.9. The van der Waals surface area contributed by atoms with Gasteiger partial charge in [0.05, 0.1) is 12.0 Å². The van der Waals surface area contributed by atoms with Gasteiger partial charge in [-0.15, -0.1) is 0 Å². The molecule has 0 N–H and O–H groups in total. The largest absolute Gasteiger partial charge is 0.481 e. The summed E-state index contributed by atoms with van der Waals surface area (Å²) in [5.41, 5.74) is -2.33. The van der Waals surface area contributed by atoms with Crippen LogP contribution in [0.5, 0.6) is 5.88 Å². The Labute approximate surface area is 138 Å². The second kappa shape index (κ2) is 5.97. The van der Waals surface area contributed by atoms with Crippen LogP contribution in [0.2, 0.25) is 0 Å². The van der Waals surface area contributed by atoms with E-state index in [1.807, 2.05) is 0 Å². The zero-order chi connectivity index (χ0) is 18.4. The van der Waals surface area contributed by atoms with Crippen LogP contribution >= 0.6 is 0 Å². The SMILES string of the molecule is COc1ccc([N+](=O)[O-])c(-n2cnc(C(F)(F)F)c2C2OC(C)O2)n1. The van der Waals surface area contributed by atoms with Crippen molar-refractivity contribution in [1.29, 1.82) is 0 Å². The lowest BCUT2D eigenvalue weighted by atomic mass is 10.2. The molecule has 0 aliphatic carbocycles. The molecule has 0 atom stereocenters. The van der Waals surface area contributed by atoms with E-state index >= 15 is 0 Å². The Bertz CT molecular complexity index is 816. The van der Waals surface area contributed by atoms with Gasteiger partial charge in [0.15, 0.2) is 12.0 Å². The maximum atomic E-state index is 13.2. The third-order valence-corrected chi connectivity index (χ3v) is 3.39. The highest BCUT2D eigenvalue weighted by atomic mass is 19.4. The van der Waals surface area contributed by atoms with Crippen molar-refractivity contribution < 1.29 is 32.3 Å². The van der Waals surface area contributed by atoms with Crippen molar-refractivity contribution in [1.82, 2.24) is 14.5 Å². The minimum Gasteiger partial charge on any atom is -0.481 e. The van der Waals surface area contributed by atoms with Gasteiger partial charge in [0.2, 0.25) is 18.0 Å². The van der Waals surface area contributed by atoms with Crippen molar-refractivity contribution in [3.63, 3.8) is 0 Å². The van der Waals surface area contributed by atoms with E-state index < -0.39 is 46.6 Å². The van der Waals surface area contributed by atoms with E-state index in [2.05, 4.69) is 9.97 Å².